The van der Waals surface area contributed by atoms with Crippen molar-refractivity contribution in [2.45, 2.75) is 0 Å². The van der Waals surface area contributed by atoms with Crippen molar-refractivity contribution in [2.75, 3.05) is 5.32 Å². The van der Waals surface area contributed by atoms with Gasteiger partial charge in [0.2, 0.25) is 0 Å². The molecule has 0 saturated heterocycles. The van der Waals surface area contributed by atoms with Crippen molar-refractivity contribution in [3.63, 3.8) is 0 Å². The number of halogens is 2. The Morgan fingerprint density at radius 2 is 2.24 bits per heavy atom. The second kappa shape index (κ2) is 4.89. The molecule has 0 atom stereocenters. The Morgan fingerprint density at radius 3 is 2.82 bits per heavy atom. The Kier molecular flexibility index (Phi) is 3.49. The van der Waals surface area contributed by atoms with Crippen molar-refractivity contribution in [1.82, 2.24) is 9.78 Å². The molecule has 0 saturated carbocycles. The van der Waals surface area contributed by atoms with Crippen molar-refractivity contribution >= 4 is 39.1 Å². The Bertz CT molecular complexity index is 568. The van der Waals surface area contributed by atoms with Crippen LogP contribution in [0.15, 0.2) is 34.9 Å². The van der Waals surface area contributed by atoms with Crippen LogP contribution in [0.4, 0.5) is 5.69 Å². The number of anilines is 1. The molecule has 17 heavy (non-hydrogen) atoms. The fourth-order valence-electron chi connectivity index (χ4n) is 1.31. The predicted molar refractivity (Wildman–Crippen MR) is 70.3 cm³/mol. The molecule has 1 aromatic heterocycles. The van der Waals surface area contributed by atoms with Gasteiger partial charge in [0, 0.05) is 23.4 Å². The lowest BCUT2D eigenvalue weighted by atomic mass is 10.3. The van der Waals surface area contributed by atoms with Gasteiger partial charge in [-0.1, -0.05) is 11.6 Å². The highest BCUT2D eigenvalue weighted by Gasteiger charge is 2.09. The number of benzene rings is 1. The van der Waals surface area contributed by atoms with Gasteiger partial charge in [0.1, 0.15) is 0 Å². The molecule has 88 valence electrons. The molecule has 2 aromatic rings. The second-order valence-electron chi connectivity index (χ2n) is 3.46. The van der Waals surface area contributed by atoms with Gasteiger partial charge in [-0.3, -0.25) is 9.48 Å². The van der Waals surface area contributed by atoms with Gasteiger partial charge >= 0.3 is 0 Å². The van der Waals surface area contributed by atoms with Crippen LogP contribution in [-0.2, 0) is 7.05 Å². The molecule has 0 unspecified atom stereocenters. The fourth-order valence-corrected chi connectivity index (χ4v) is 1.80. The quantitative estimate of drug-likeness (QED) is 0.926. The number of nitrogens with one attached hydrogen (secondary N) is 1. The summed E-state index contributed by atoms with van der Waals surface area (Å²) in [4.78, 5) is 11.8. The highest BCUT2D eigenvalue weighted by molar-refractivity contribution is 9.10. The SMILES string of the molecule is Cn1ccc(C(=O)Nc2ccc(Cl)c(Br)c2)n1. The van der Waals surface area contributed by atoms with Gasteiger partial charge in [0.25, 0.3) is 5.91 Å². The maximum Gasteiger partial charge on any atom is 0.276 e. The summed E-state index contributed by atoms with van der Waals surface area (Å²) in [7, 11) is 1.76. The van der Waals surface area contributed by atoms with Gasteiger partial charge < -0.3 is 5.32 Å². The zero-order valence-electron chi connectivity index (χ0n) is 8.95. The topological polar surface area (TPSA) is 46.9 Å². The summed E-state index contributed by atoms with van der Waals surface area (Å²) in [6, 6.07) is 6.83. The minimum atomic E-state index is -0.250. The third kappa shape index (κ3) is 2.87. The molecule has 0 aliphatic heterocycles. The van der Waals surface area contributed by atoms with Crippen LogP contribution in [0.2, 0.25) is 5.02 Å². The van der Waals surface area contributed by atoms with E-state index in [0.717, 1.165) is 4.47 Å². The van der Waals surface area contributed by atoms with Crippen molar-refractivity contribution < 1.29 is 4.79 Å². The summed E-state index contributed by atoms with van der Waals surface area (Å²) in [6.45, 7) is 0. The maximum atomic E-state index is 11.8. The Morgan fingerprint density at radius 1 is 1.47 bits per heavy atom. The number of amides is 1. The van der Waals surface area contributed by atoms with Gasteiger partial charge in [-0.2, -0.15) is 5.10 Å². The molecule has 2 rings (SSSR count). The van der Waals surface area contributed by atoms with Gasteiger partial charge in [0.15, 0.2) is 5.69 Å². The number of nitrogens with zero attached hydrogens (tertiary/aromatic N) is 2. The van der Waals surface area contributed by atoms with Crippen molar-refractivity contribution in [1.29, 1.82) is 0 Å². The zero-order chi connectivity index (χ0) is 12.4. The van der Waals surface area contributed by atoms with Gasteiger partial charge in [-0.05, 0) is 40.2 Å². The molecular weight excluding hydrogens is 305 g/mol. The largest absolute Gasteiger partial charge is 0.321 e. The smallest absolute Gasteiger partial charge is 0.276 e. The Labute approximate surface area is 112 Å². The van der Waals surface area contributed by atoms with Crippen LogP contribution in [0.1, 0.15) is 10.5 Å². The molecule has 6 heteroatoms. The van der Waals surface area contributed by atoms with E-state index in [1.165, 1.54) is 0 Å². The van der Waals surface area contributed by atoms with E-state index in [9.17, 15) is 4.79 Å². The van der Waals surface area contributed by atoms with E-state index in [4.69, 9.17) is 11.6 Å². The van der Waals surface area contributed by atoms with Crippen LogP contribution >= 0.6 is 27.5 Å². The van der Waals surface area contributed by atoms with Crippen LogP contribution < -0.4 is 5.32 Å². The van der Waals surface area contributed by atoms with Crippen LogP contribution in [0.3, 0.4) is 0 Å². The molecule has 0 spiro atoms. The van der Waals surface area contributed by atoms with E-state index in [1.807, 2.05) is 0 Å². The molecular formula is C11H9BrClN3O. The third-order valence-corrected chi connectivity index (χ3v) is 3.34. The minimum absolute atomic E-state index is 0.250. The van der Waals surface area contributed by atoms with Crippen molar-refractivity contribution in [3.8, 4) is 0 Å². The van der Waals surface area contributed by atoms with Gasteiger partial charge in [0.05, 0.1) is 5.02 Å². The van der Waals surface area contributed by atoms with Gasteiger partial charge in [-0.15, -0.1) is 0 Å². The number of hydrogen-bond acceptors (Lipinski definition) is 2. The van der Waals surface area contributed by atoms with E-state index >= 15 is 0 Å². The lowest BCUT2D eigenvalue weighted by Crippen LogP contribution is -2.12. The highest BCUT2D eigenvalue weighted by atomic mass is 79.9. The predicted octanol–water partition coefficient (Wildman–Crippen LogP) is 3.09. The lowest BCUT2D eigenvalue weighted by molar-refractivity contribution is 0.102. The van der Waals surface area contributed by atoms with Crippen molar-refractivity contribution in [3.05, 3.63) is 45.7 Å². The fraction of sp³-hybridized carbons (Fsp3) is 0.0909. The number of hydrogen-bond donors (Lipinski definition) is 1. The summed E-state index contributed by atoms with van der Waals surface area (Å²) < 4.78 is 2.31. The first-order chi connectivity index (χ1) is 8.06. The van der Waals surface area contributed by atoms with Crippen LogP contribution in [-0.4, -0.2) is 15.7 Å². The molecule has 1 heterocycles. The molecule has 0 radical (unpaired) electrons. The number of aromatic nitrogens is 2. The van der Waals surface area contributed by atoms with Crippen LogP contribution in [0, 0.1) is 0 Å². The number of aryl methyl sites for hydroxylation is 1. The van der Waals surface area contributed by atoms with Crippen LogP contribution in [0.5, 0.6) is 0 Å². The van der Waals surface area contributed by atoms with E-state index in [-0.39, 0.29) is 5.91 Å². The monoisotopic (exact) mass is 313 g/mol. The first-order valence-corrected chi connectivity index (χ1v) is 5.99. The summed E-state index contributed by atoms with van der Waals surface area (Å²) in [6.07, 6.45) is 1.71. The Balaban J connectivity index is 2.15. The first kappa shape index (κ1) is 12.1. The van der Waals surface area contributed by atoms with Gasteiger partial charge in [-0.25, -0.2) is 0 Å². The summed E-state index contributed by atoms with van der Waals surface area (Å²) >= 11 is 9.16. The number of rotatable bonds is 2. The van der Waals surface area contributed by atoms with E-state index in [2.05, 4.69) is 26.3 Å². The zero-order valence-corrected chi connectivity index (χ0v) is 11.3. The molecule has 1 amide bonds. The normalized spacial score (nSPS) is 10.3. The Hall–Kier alpha value is -1.33. The summed E-state index contributed by atoms with van der Waals surface area (Å²) in [5, 5.41) is 7.35. The minimum Gasteiger partial charge on any atom is -0.321 e. The number of carbonyl (C=O) groups is 1. The lowest BCUT2D eigenvalue weighted by Gasteiger charge is -2.04. The second-order valence-corrected chi connectivity index (χ2v) is 4.72. The summed E-state index contributed by atoms with van der Waals surface area (Å²) in [5.74, 6) is -0.250. The van der Waals surface area contributed by atoms with E-state index < -0.39 is 0 Å². The average molecular weight is 315 g/mol. The molecule has 0 fully saturated rings. The molecule has 0 aliphatic carbocycles. The van der Waals surface area contributed by atoms with Crippen molar-refractivity contribution in [2.24, 2.45) is 7.05 Å². The maximum absolute atomic E-state index is 11.8. The first-order valence-electron chi connectivity index (χ1n) is 4.82. The third-order valence-electron chi connectivity index (χ3n) is 2.12. The van der Waals surface area contributed by atoms with Crippen LogP contribution in [0.25, 0.3) is 0 Å². The number of carbonyl (C=O) groups excluding carboxylic acids is 1. The molecule has 0 bridgehead atoms. The molecule has 4 nitrogen and oxygen atoms in total. The molecule has 1 aromatic carbocycles. The van der Waals surface area contributed by atoms with E-state index in [1.54, 1.807) is 42.2 Å². The average Bonchev–Trinajstić information content (AvgIpc) is 2.70. The van der Waals surface area contributed by atoms with E-state index in [0.29, 0.717) is 16.4 Å². The highest BCUT2D eigenvalue weighted by Crippen LogP contribution is 2.25. The molecule has 1 N–H and O–H groups in total. The standard InChI is InChI=1S/C11H9BrClN3O/c1-16-5-4-10(15-16)11(17)14-7-2-3-9(13)8(12)6-7/h2-6H,1H3,(H,14,17). The molecule has 0 aliphatic rings. The summed E-state index contributed by atoms with van der Waals surface area (Å²) in [5.41, 5.74) is 1.04.